The molecule has 30 heavy (non-hydrogen) atoms. The van der Waals surface area contributed by atoms with Gasteiger partial charge in [0.15, 0.2) is 5.82 Å². The Bertz CT molecular complexity index is 1050. The topological polar surface area (TPSA) is 38.2 Å². The minimum absolute atomic E-state index is 0.447. The predicted octanol–water partition coefficient (Wildman–Crippen LogP) is 5.17. The third-order valence-electron chi connectivity index (χ3n) is 5.44. The zero-order chi connectivity index (χ0) is 21.3. The van der Waals surface area contributed by atoms with Gasteiger partial charge in [0.05, 0.1) is 11.3 Å². The Morgan fingerprint density at radius 2 is 1.83 bits per heavy atom. The van der Waals surface area contributed by atoms with Crippen molar-refractivity contribution in [2.24, 2.45) is 0 Å². The largest absolute Gasteiger partial charge is 0.478 e. The number of rotatable bonds is 4. The number of ether oxygens (including phenoxy) is 1. The Balaban J connectivity index is 1.44. The first-order chi connectivity index (χ1) is 14.3. The van der Waals surface area contributed by atoms with E-state index >= 15 is 0 Å². The monoisotopic (exact) mass is 413 g/mol. The lowest BCUT2D eigenvalue weighted by molar-refractivity contribution is -0.137. The van der Waals surface area contributed by atoms with Crippen LogP contribution in [0.1, 0.15) is 27.9 Å². The first kappa shape index (κ1) is 20.3. The molecule has 2 heterocycles. The van der Waals surface area contributed by atoms with E-state index in [-0.39, 0.29) is 0 Å². The number of aromatic nitrogens is 2. The van der Waals surface area contributed by atoms with Crippen molar-refractivity contribution in [2.75, 3.05) is 13.3 Å². The van der Waals surface area contributed by atoms with E-state index in [1.165, 1.54) is 17.7 Å². The van der Waals surface area contributed by atoms with Gasteiger partial charge < -0.3 is 4.74 Å². The number of hydrogen-bond donors (Lipinski definition) is 0. The molecule has 0 aliphatic carbocycles. The molecule has 2 aromatic carbocycles. The summed E-state index contributed by atoms with van der Waals surface area (Å²) in [5, 5.41) is 0. The van der Waals surface area contributed by atoms with E-state index < -0.39 is 11.7 Å². The summed E-state index contributed by atoms with van der Waals surface area (Å²) in [6.07, 6.45) is -1.85. The molecule has 0 unspecified atom stereocenters. The summed E-state index contributed by atoms with van der Waals surface area (Å²) in [6.45, 7) is 6.05. The SMILES string of the molecule is Cc1cccc(OCN2CCc3nc(-c4ccc(C(F)(F)F)cc4)ncc3C2)c1C. The minimum atomic E-state index is -4.35. The molecule has 0 saturated carbocycles. The smallest absolute Gasteiger partial charge is 0.416 e. The lowest BCUT2D eigenvalue weighted by Gasteiger charge is -2.28. The maximum Gasteiger partial charge on any atom is 0.416 e. The van der Waals surface area contributed by atoms with Gasteiger partial charge in [-0.15, -0.1) is 0 Å². The van der Waals surface area contributed by atoms with Crippen LogP contribution in [0.5, 0.6) is 5.75 Å². The van der Waals surface area contributed by atoms with E-state index in [1.807, 2.05) is 19.1 Å². The lowest BCUT2D eigenvalue weighted by atomic mass is 10.1. The molecule has 0 amide bonds. The van der Waals surface area contributed by atoms with Crippen LogP contribution in [0.3, 0.4) is 0 Å². The second-order valence-corrected chi connectivity index (χ2v) is 7.51. The number of alkyl halides is 3. The van der Waals surface area contributed by atoms with Crippen molar-refractivity contribution < 1.29 is 17.9 Å². The maximum absolute atomic E-state index is 12.8. The van der Waals surface area contributed by atoms with Gasteiger partial charge in [-0.1, -0.05) is 24.3 Å². The van der Waals surface area contributed by atoms with Crippen molar-refractivity contribution in [3.63, 3.8) is 0 Å². The number of halogens is 3. The van der Waals surface area contributed by atoms with Gasteiger partial charge in [-0.3, -0.25) is 4.90 Å². The van der Waals surface area contributed by atoms with E-state index in [0.29, 0.717) is 24.7 Å². The van der Waals surface area contributed by atoms with Crippen LogP contribution in [0.2, 0.25) is 0 Å². The van der Waals surface area contributed by atoms with Crippen LogP contribution in [0.15, 0.2) is 48.7 Å². The van der Waals surface area contributed by atoms with Gasteiger partial charge in [0, 0.05) is 36.8 Å². The van der Waals surface area contributed by atoms with Crippen LogP contribution >= 0.6 is 0 Å². The van der Waals surface area contributed by atoms with Crippen LogP contribution in [0.4, 0.5) is 13.2 Å². The van der Waals surface area contributed by atoms with Crippen LogP contribution in [0.25, 0.3) is 11.4 Å². The molecule has 7 heteroatoms. The maximum atomic E-state index is 12.8. The van der Waals surface area contributed by atoms with E-state index in [0.717, 1.165) is 47.7 Å². The fourth-order valence-electron chi connectivity index (χ4n) is 3.47. The van der Waals surface area contributed by atoms with Crippen molar-refractivity contribution in [1.82, 2.24) is 14.9 Å². The third-order valence-corrected chi connectivity index (χ3v) is 5.44. The van der Waals surface area contributed by atoms with Gasteiger partial charge in [-0.2, -0.15) is 13.2 Å². The van der Waals surface area contributed by atoms with Gasteiger partial charge in [-0.05, 0) is 43.2 Å². The number of nitrogens with zero attached hydrogens (tertiary/aromatic N) is 3. The van der Waals surface area contributed by atoms with E-state index in [4.69, 9.17) is 4.74 Å². The first-order valence-corrected chi connectivity index (χ1v) is 9.75. The van der Waals surface area contributed by atoms with E-state index in [2.05, 4.69) is 27.9 Å². The molecular weight excluding hydrogens is 391 g/mol. The molecule has 3 aromatic rings. The van der Waals surface area contributed by atoms with E-state index in [9.17, 15) is 13.2 Å². The van der Waals surface area contributed by atoms with E-state index in [1.54, 1.807) is 6.20 Å². The predicted molar refractivity (Wildman–Crippen MR) is 108 cm³/mol. The molecule has 0 bridgehead atoms. The van der Waals surface area contributed by atoms with Crippen LogP contribution < -0.4 is 4.74 Å². The molecule has 0 N–H and O–H groups in total. The Labute approximate surface area is 173 Å². The molecule has 1 aromatic heterocycles. The van der Waals surface area contributed by atoms with Gasteiger partial charge in [0.1, 0.15) is 12.5 Å². The van der Waals surface area contributed by atoms with Crippen molar-refractivity contribution in [1.29, 1.82) is 0 Å². The summed E-state index contributed by atoms with van der Waals surface area (Å²) in [5.74, 6) is 1.33. The highest BCUT2D eigenvalue weighted by Gasteiger charge is 2.30. The normalized spacial score (nSPS) is 14.4. The minimum Gasteiger partial charge on any atom is -0.478 e. The first-order valence-electron chi connectivity index (χ1n) is 9.75. The van der Waals surface area contributed by atoms with Gasteiger partial charge in [-0.25, -0.2) is 9.97 Å². The average Bonchev–Trinajstić information content (AvgIpc) is 2.74. The van der Waals surface area contributed by atoms with Gasteiger partial charge in [0.25, 0.3) is 0 Å². The lowest BCUT2D eigenvalue weighted by Crippen LogP contribution is -2.34. The average molecular weight is 413 g/mol. The van der Waals surface area contributed by atoms with Gasteiger partial charge in [0.2, 0.25) is 0 Å². The molecule has 4 nitrogen and oxygen atoms in total. The molecule has 1 aliphatic rings. The Hall–Kier alpha value is -2.93. The highest BCUT2D eigenvalue weighted by atomic mass is 19.4. The quantitative estimate of drug-likeness (QED) is 0.591. The molecule has 4 rings (SSSR count). The Morgan fingerprint density at radius 3 is 2.57 bits per heavy atom. The number of aryl methyl sites for hydroxylation is 1. The fraction of sp³-hybridized carbons (Fsp3) is 0.304. The number of benzene rings is 2. The van der Waals surface area contributed by atoms with Gasteiger partial charge >= 0.3 is 6.18 Å². The van der Waals surface area contributed by atoms with Crippen molar-refractivity contribution in [2.45, 2.75) is 33.0 Å². The zero-order valence-corrected chi connectivity index (χ0v) is 16.8. The number of fused-ring (bicyclic) bond motifs is 1. The highest BCUT2D eigenvalue weighted by Crippen LogP contribution is 2.30. The summed E-state index contributed by atoms with van der Waals surface area (Å²) in [6, 6.07) is 11.0. The Kier molecular flexibility index (Phi) is 5.47. The van der Waals surface area contributed by atoms with Crippen molar-refractivity contribution in [3.05, 3.63) is 76.6 Å². The number of hydrogen-bond acceptors (Lipinski definition) is 4. The van der Waals surface area contributed by atoms with Crippen molar-refractivity contribution >= 4 is 0 Å². The summed E-state index contributed by atoms with van der Waals surface area (Å²) < 4.78 is 44.2. The summed E-state index contributed by atoms with van der Waals surface area (Å²) in [7, 11) is 0. The zero-order valence-electron chi connectivity index (χ0n) is 16.8. The molecule has 0 atom stereocenters. The van der Waals surface area contributed by atoms with Crippen molar-refractivity contribution in [3.8, 4) is 17.1 Å². The standard InChI is InChI=1S/C23H22F3N3O/c1-15-4-3-5-21(16(15)2)30-14-29-11-10-20-18(13-29)12-27-22(28-20)17-6-8-19(9-7-17)23(24,25)26/h3-9,12H,10-11,13-14H2,1-2H3. The molecule has 1 aliphatic heterocycles. The molecule has 0 fully saturated rings. The summed E-state index contributed by atoms with van der Waals surface area (Å²) >= 11 is 0. The molecule has 0 radical (unpaired) electrons. The molecule has 0 spiro atoms. The fourth-order valence-corrected chi connectivity index (χ4v) is 3.47. The second kappa shape index (κ2) is 8.07. The Morgan fingerprint density at radius 1 is 1.07 bits per heavy atom. The third kappa shape index (κ3) is 4.31. The molecule has 156 valence electrons. The second-order valence-electron chi connectivity index (χ2n) is 7.51. The highest BCUT2D eigenvalue weighted by molar-refractivity contribution is 5.56. The summed E-state index contributed by atoms with van der Waals surface area (Å²) in [5.41, 5.74) is 4.18. The van der Waals surface area contributed by atoms with Crippen LogP contribution in [0, 0.1) is 13.8 Å². The molecule has 0 saturated heterocycles. The van der Waals surface area contributed by atoms with Crippen LogP contribution in [-0.2, 0) is 19.1 Å². The molecular formula is C23H22F3N3O. The summed E-state index contributed by atoms with van der Waals surface area (Å²) in [4.78, 5) is 11.2. The van der Waals surface area contributed by atoms with Crippen LogP contribution in [-0.4, -0.2) is 28.1 Å².